The highest BCUT2D eigenvalue weighted by Crippen LogP contribution is 2.33. The molecule has 0 aliphatic rings. The van der Waals surface area contributed by atoms with Crippen molar-refractivity contribution in [2.24, 2.45) is 0 Å². The average molecular weight is 337 g/mol. The third-order valence-electron chi connectivity index (χ3n) is 1.59. The van der Waals surface area contributed by atoms with Crippen LogP contribution < -0.4 is 4.74 Å². The van der Waals surface area contributed by atoms with Crippen LogP contribution in [0.5, 0.6) is 5.75 Å². The minimum absolute atomic E-state index is 0.0382. The van der Waals surface area contributed by atoms with Crippen molar-refractivity contribution in [2.45, 2.75) is 11.5 Å². The van der Waals surface area contributed by atoms with Gasteiger partial charge in [0.25, 0.3) is 15.5 Å². The number of pyridine rings is 1. The Hall–Kier alpha value is -0.470. The monoisotopic (exact) mass is 335 g/mol. The molecule has 0 spiro atoms. The molecule has 0 radical (unpaired) electrons. The van der Waals surface area contributed by atoms with Crippen molar-refractivity contribution in [3.05, 3.63) is 16.2 Å². The lowest BCUT2D eigenvalue weighted by Gasteiger charge is -2.09. The van der Waals surface area contributed by atoms with Crippen LogP contribution in [-0.2, 0) is 9.05 Å². The molecule has 0 unspecified atom stereocenters. The highest BCUT2D eigenvalue weighted by atomic mass is 79.9. The minimum atomic E-state index is -4.19. The smallest absolute Gasteiger partial charge is 0.284 e. The SMILES string of the molecule is COc1cc(Br)c(S(=O)(=O)Cl)nc1C(F)F. The van der Waals surface area contributed by atoms with Crippen LogP contribution in [0.4, 0.5) is 8.78 Å². The van der Waals surface area contributed by atoms with E-state index in [1.807, 2.05) is 0 Å². The van der Waals surface area contributed by atoms with Crippen LogP contribution in [0.2, 0.25) is 0 Å². The summed E-state index contributed by atoms with van der Waals surface area (Å²) >= 11 is 2.86. The van der Waals surface area contributed by atoms with Crippen molar-refractivity contribution in [1.82, 2.24) is 4.98 Å². The fraction of sp³-hybridized carbons (Fsp3) is 0.286. The predicted molar refractivity (Wildman–Crippen MR) is 56.5 cm³/mol. The van der Waals surface area contributed by atoms with Gasteiger partial charge >= 0.3 is 0 Å². The summed E-state index contributed by atoms with van der Waals surface area (Å²) in [7, 11) is 2.01. The first-order valence-corrected chi connectivity index (χ1v) is 6.85. The second-order valence-electron chi connectivity index (χ2n) is 2.60. The second-order valence-corrected chi connectivity index (χ2v) is 5.94. The van der Waals surface area contributed by atoms with Gasteiger partial charge in [-0.25, -0.2) is 22.2 Å². The van der Waals surface area contributed by atoms with E-state index in [0.717, 1.165) is 6.07 Å². The van der Waals surface area contributed by atoms with Crippen LogP contribution in [-0.4, -0.2) is 20.5 Å². The molecule has 0 aromatic carbocycles. The predicted octanol–water partition coefficient (Wildman–Crippen LogP) is 2.72. The molecule has 0 fully saturated rings. The third kappa shape index (κ3) is 2.80. The van der Waals surface area contributed by atoms with Crippen molar-refractivity contribution in [3.63, 3.8) is 0 Å². The van der Waals surface area contributed by atoms with Gasteiger partial charge in [0.1, 0.15) is 11.4 Å². The maximum Gasteiger partial charge on any atom is 0.284 e. The van der Waals surface area contributed by atoms with Crippen LogP contribution >= 0.6 is 26.6 Å². The maximum atomic E-state index is 12.5. The second kappa shape index (κ2) is 4.80. The minimum Gasteiger partial charge on any atom is -0.495 e. The van der Waals surface area contributed by atoms with Gasteiger partial charge in [0.15, 0.2) is 5.03 Å². The van der Waals surface area contributed by atoms with Crippen molar-refractivity contribution in [2.75, 3.05) is 7.11 Å². The zero-order chi connectivity index (χ0) is 12.5. The van der Waals surface area contributed by atoms with Gasteiger partial charge in [-0.05, 0) is 22.0 Å². The van der Waals surface area contributed by atoms with E-state index in [0.29, 0.717) is 0 Å². The first kappa shape index (κ1) is 13.6. The van der Waals surface area contributed by atoms with E-state index >= 15 is 0 Å². The van der Waals surface area contributed by atoms with Crippen molar-refractivity contribution < 1.29 is 21.9 Å². The lowest BCUT2D eigenvalue weighted by Crippen LogP contribution is -2.03. The summed E-state index contributed by atoms with van der Waals surface area (Å²) in [5, 5.41) is -0.662. The van der Waals surface area contributed by atoms with Gasteiger partial charge in [-0.15, -0.1) is 0 Å². The van der Waals surface area contributed by atoms with Crippen LogP contribution in [0.25, 0.3) is 0 Å². The summed E-state index contributed by atoms with van der Waals surface area (Å²) in [6.07, 6.45) is -2.96. The molecule has 1 aromatic heterocycles. The van der Waals surface area contributed by atoms with Gasteiger partial charge in [-0.3, -0.25) is 0 Å². The molecular formula is C7H5BrClF2NO3S. The molecule has 0 amide bonds. The number of ether oxygens (including phenoxy) is 1. The van der Waals surface area contributed by atoms with Gasteiger partial charge in [-0.1, -0.05) is 0 Å². The molecule has 0 aliphatic heterocycles. The first-order chi connectivity index (χ1) is 7.27. The normalized spacial score (nSPS) is 11.9. The molecule has 0 aliphatic carbocycles. The van der Waals surface area contributed by atoms with Gasteiger partial charge in [-0.2, -0.15) is 0 Å². The Balaban J connectivity index is 3.52. The molecule has 9 heteroatoms. The van der Waals surface area contributed by atoms with Gasteiger partial charge in [0.05, 0.1) is 11.6 Å². The topological polar surface area (TPSA) is 56.3 Å². The molecule has 1 aromatic rings. The van der Waals surface area contributed by atoms with E-state index in [4.69, 9.17) is 10.7 Å². The molecule has 0 N–H and O–H groups in total. The van der Waals surface area contributed by atoms with Gasteiger partial charge in [0, 0.05) is 10.7 Å². The van der Waals surface area contributed by atoms with E-state index < -0.39 is 26.2 Å². The number of hydrogen-bond donors (Lipinski definition) is 0. The van der Waals surface area contributed by atoms with E-state index in [-0.39, 0.29) is 10.2 Å². The van der Waals surface area contributed by atoms with Gasteiger partial charge < -0.3 is 4.74 Å². The fourth-order valence-corrected chi connectivity index (χ4v) is 3.03. The summed E-state index contributed by atoms with van der Waals surface area (Å²) < 4.78 is 51.7. The first-order valence-electron chi connectivity index (χ1n) is 3.74. The highest BCUT2D eigenvalue weighted by Gasteiger charge is 2.24. The molecule has 0 saturated heterocycles. The molecule has 90 valence electrons. The largest absolute Gasteiger partial charge is 0.495 e. The number of alkyl halides is 2. The third-order valence-corrected chi connectivity index (χ3v) is 3.67. The number of aromatic nitrogens is 1. The van der Waals surface area contributed by atoms with Crippen molar-refractivity contribution in [1.29, 1.82) is 0 Å². The van der Waals surface area contributed by atoms with Crippen LogP contribution in [0.3, 0.4) is 0 Å². The zero-order valence-corrected chi connectivity index (χ0v) is 10.9. The molecular weight excluding hydrogens is 332 g/mol. The lowest BCUT2D eigenvalue weighted by molar-refractivity contribution is 0.140. The highest BCUT2D eigenvalue weighted by molar-refractivity contribution is 9.10. The fourth-order valence-electron chi connectivity index (χ4n) is 0.959. The van der Waals surface area contributed by atoms with Gasteiger partial charge in [0.2, 0.25) is 0 Å². The number of hydrogen-bond acceptors (Lipinski definition) is 4. The Morgan fingerprint density at radius 1 is 1.56 bits per heavy atom. The van der Waals surface area contributed by atoms with E-state index in [1.54, 1.807) is 0 Å². The van der Waals surface area contributed by atoms with Crippen LogP contribution in [0, 0.1) is 0 Å². The van der Waals surface area contributed by atoms with Crippen molar-refractivity contribution >= 4 is 35.7 Å². The molecule has 0 atom stereocenters. The number of nitrogens with zero attached hydrogens (tertiary/aromatic N) is 1. The molecule has 0 bridgehead atoms. The Morgan fingerprint density at radius 2 is 2.12 bits per heavy atom. The molecule has 4 nitrogen and oxygen atoms in total. The summed E-state index contributed by atoms with van der Waals surface area (Å²) in [5.74, 6) is -0.217. The van der Waals surface area contributed by atoms with E-state index in [2.05, 4.69) is 25.7 Å². The van der Waals surface area contributed by atoms with Crippen molar-refractivity contribution in [3.8, 4) is 5.75 Å². The Labute approximate surface area is 103 Å². The van der Waals surface area contributed by atoms with E-state index in [1.165, 1.54) is 7.11 Å². The molecule has 1 heterocycles. The Morgan fingerprint density at radius 3 is 2.50 bits per heavy atom. The standard InChI is InChI=1S/C7H5BrClF2NO3S/c1-15-4-2-3(8)7(16(9,13)14)12-5(4)6(10)11/h2,6H,1H3. The number of rotatable bonds is 3. The number of halogens is 4. The quantitative estimate of drug-likeness (QED) is 0.796. The summed E-state index contributed by atoms with van der Waals surface area (Å²) in [6, 6.07) is 1.07. The van der Waals surface area contributed by atoms with E-state index in [9.17, 15) is 17.2 Å². The molecule has 16 heavy (non-hydrogen) atoms. The maximum absolute atomic E-state index is 12.5. The van der Waals surface area contributed by atoms with Crippen LogP contribution in [0.15, 0.2) is 15.6 Å². The zero-order valence-electron chi connectivity index (χ0n) is 7.75. The lowest BCUT2D eigenvalue weighted by atomic mass is 10.3. The molecule has 1 rings (SSSR count). The number of methoxy groups -OCH3 is 1. The summed E-state index contributed by atoms with van der Waals surface area (Å²) in [4.78, 5) is 3.27. The average Bonchev–Trinajstić information content (AvgIpc) is 2.14. The summed E-state index contributed by atoms with van der Waals surface area (Å²) in [5.41, 5.74) is -0.773. The Bertz CT molecular complexity index is 509. The Kier molecular flexibility index (Phi) is 4.08. The summed E-state index contributed by atoms with van der Waals surface area (Å²) in [6.45, 7) is 0. The van der Waals surface area contributed by atoms with Crippen LogP contribution in [0.1, 0.15) is 12.1 Å². The molecule has 0 saturated carbocycles.